The van der Waals surface area contributed by atoms with Crippen LogP contribution in [0.15, 0.2) is 34.7 Å². The van der Waals surface area contributed by atoms with E-state index in [9.17, 15) is 0 Å². The first kappa shape index (κ1) is 12.0. The van der Waals surface area contributed by atoms with Gasteiger partial charge in [0.05, 0.1) is 11.6 Å². The first-order valence-electron chi connectivity index (χ1n) is 4.89. The van der Waals surface area contributed by atoms with E-state index in [1.807, 2.05) is 37.4 Å². The maximum atomic E-state index is 6.17. The fourth-order valence-electron chi connectivity index (χ4n) is 1.48. The molecular weight excluding hydrogens is 336 g/mol. The van der Waals surface area contributed by atoms with Crippen LogP contribution in [-0.4, -0.2) is 7.05 Å². The number of hydrogen-bond acceptors (Lipinski definition) is 2. The van der Waals surface area contributed by atoms with Gasteiger partial charge in [-0.05, 0) is 60.0 Å². The molecule has 0 amide bonds. The van der Waals surface area contributed by atoms with E-state index in [1.54, 1.807) is 0 Å². The summed E-state index contributed by atoms with van der Waals surface area (Å²) in [5, 5.41) is 3.76. The Balaban J connectivity index is 2.35. The van der Waals surface area contributed by atoms with Gasteiger partial charge in [0, 0.05) is 9.13 Å². The minimum absolute atomic E-state index is 0.720. The third kappa shape index (κ3) is 2.59. The van der Waals surface area contributed by atoms with Crippen LogP contribution in [0.5, 0.6) is 0 Å². The summed E-state index contributed by atoms with van der Waals surface area (Å²) in [6, 6.07) is 9.83. The monoisotopic (exact) mass is 347 g/mol. The van der Waals surface area contributed by atoms with E-state index < -0.39 is 0 Å². The number of furan rings is 1. The van der Waals surface area contributed by atoms with Crippen LogP contribution in [-0.2, 0) is 6.54 Å². The van der Waals surface area contributed by atoms with Crippen molar-refractivity contribution in [3.8, 4) is 11.3 Å². The van der Waals surface area contributed by atoms with Gasteiger partial charge in [-0.2, -0.15) is 0 Å². The molecule has 0 aliphatic heterocycles. The predicted molar refractivity (Wildman–Crippen MR) is 74.6 cm³/mol. The van der Waals surface area contributed by atoms with E-state index in [0.717, 1.165) is 32.2 Å². The van der Waals surface area contributed by atoms with E-state index in [2.05, 4.69) is 27.9 Å². The van der Waals surface area contributed by atoms with Crippen molar-refractivity contribution < 1.29 is 4.42 Å². The van der Waals surface area contributed by atoms with Crippen LogP contribution >= 0.6 is 34.2 Å². The van der Waals surface area contributed by atoms with Crippen molar-refractivity contribution in [2.24, 2.45) is 0 Å². The molecule has 0 fully saturated rings. The molecule has 0 atom stereocenters. The molecule has 0 spiro atoms. The average Bonchev–Trinajstić information content (AvgIpc) is 2.67. The second-order valence-electron chi connectivity index (χ2n) is 3.42. The third-order valence-corrected chi connectivity index (χ3v) is 3.19. The SMILES string of the molecule is CNCc1ccc(-c2ccc(I)cc2Cl)o1. The van der Waals surface area contributed by atoms with E-state index in [0.29, 0.717) is 0 Å². The summed E-state index contributed by atoms with van der Waals surface area (Å²) in [5.74, 6) is 1.72. The molecule has 0 saturated heterocycles. The number of benzene rings is 1. The van der Waals surface area contributed by atoms with Crippen LogP contribution in [0, 0.1) is 3.57 Å². The first-order chi connectivity index (χ1) is 7.70. The topological polar surface area (TPSA) is 25.2 Å². The lowest BCUT2D eigenvalue weighted by Crippen LogP contribution is -2.03. The van der Waals surface area contributed by atoms with Gasteiger partial charge in [-0.15, -0.1) is 0 Å². The first-order valence-corrected chi connectivity index (χ1v) is 6.35. The molecule has 84 valence electrons. The Kier molecular flexibility index (Phi) is 3.89. The Morgan fingerprint density at radius 3 is 2.81 bits per heavy atom. The van der Waals surface area contributed by atoms with Gasteiger partial charge in [-0.3, -0.25) is 0 Å². The molecule has 1 aromatic carbocycles. The van der Waals surface area contributed by atoms with Gasteiger partial charge in [-0.1, -0.05) is 11.6 Å². The maximum Gasteiger partial charge on any atom is 0.135 e. The van der Waals surface area contributed by atoms with Crippen LogP contribution in [0.2, 0.25) is 5.02 Å². The molecule has 0 unspecified atom stereocenters. The second-order valence-corrected chi connectivity index (χ2v) is 5.07. The van der Waals surface area contributed by atoms with Gasteiger partial charge < -0.3 is 9.73 Å². The Morgan fingerprint density at radius 2 is 2.12 bits per heavy atom. The van der Waals surface area contributed by atoms with Crippen LogP contribution < -0.4 is 5.32 Å². The highest BCUT2D eigenvalue weighted by atomic mass is 127. The normalized spacial score (nSPS) is 10.7. The van der Waals surface area contributed by atoms with Crippen molar-refractivity contribution in [3.05, 3.63) is 44.7 Å². The van der Waals surface area contributed by atoms with E-state index in [1.165, 1.54) is 0 Å². The Bertz CT molecular complexity index is 496. The molecule has 0 radical (unpaired) electrons. The lowest BCUT2D eigenvalue weighted by atomic mass is 10.2. The second kappa shape index (κ2) is 5.21. The maximum absolute atomic E-state index is 6.17. The average molecular weight is 348 g/mol. The molecule has 0 aliphatic rings. The number of rotatable bonds is 3. The standard InChI is InChI=1S/C12H11ClINO/c1-15-7-9-3-5-12(16-9)10-4-2-8(14)6-11(10)13/h2-6,15H,7H2,1H3. The Hall–Kier alpha value is -0.520. The summed E-state index contributed by atoms with van der Waals surface area (Å²) in [6.45, 7) is 0.724. The Morgan fingerprint density at radius 1 is 1.31 bits per heavy atom. The molecule has 16 heavy (non-hydrogen) atoms. The number of halogens is 2. The van der Waals surface area contributed by atoms with Crippen molar-refractivity contribution >= 4 is 34.2 Å². The zero-order valence-corrected chi connectivity index (χ0v) is 11.7. The largest absolute Gasteiger partial charge is 0.460 e. The summed E-state index contributed by atoms with van der Waals surface area (Å²) < 4.78 is 6.80. The summed E-state index contributed by atoms with van der Waals surface area (Å²) >= 11 is 8.40. The quantitative estimate of drug-likeness (QED) is 0.851. The predicted octanol–water partition coefficient (Wildman–Crippen LogP) is 3.92. The third-order valence-electron chi connectivity index (χ3n) is 2.21. The summed E-state index contributed by atoms with van der Waals surface area (Å²) in [7, 11) is 1.89. The molecule has 1 N–H and O–H groups in total. The minimum Gasteiger partial charge on any atom is -0.460 e. The van der Waals surface area contributed by atoms with Gasteiger partial charge in [0.2, 0.25) is 0 Å². The van der Waals surface area contributed by atoms with Gasteiger partial charge >= 0.3 is 0 Å². The molecule has 4 heteroatoms. The zero-order chi connectivity index (χ0) is 11.5. The molecule has 1 heterocycles. The summed E-state index contributed by atoms with van der Waals surface area (Å²) in [4.78, 5) is 0. The van der Waals surface area contributed by atoms with Crippen molar-refractivity contribution in [1.29, 1.82) is 0 Å². The van der Waals surface area contributed by atoms with E-state index >= 15 is 0 Å². The van der Waals surface area contributed by atoms with Crippen molar-refractivity contribution in [3.63, 3.8) is 0 Å². The highest BCUT2D eigenvalue weighted by molar-refractivity contribution is 14.1. The van der Waals surface area contributed by atoms with Gasteiger partial charge in [0.25, 0.3) is 0 Å². The van der Waals surface area contributed by atoms with Crippen LogP contribution in [0.25, 0.3) is 11.3 Å². The highest BCUT2D eigenvalue weighted by Crippen LogP contribution is 2.30. The van der Waals surface area contributed by atoms with Crippen molar-refractivity contribution in [2.45, 2.75) is 6.54 Å². The number of nitrogens with one attached hydrogen (secondary N) is 1. The minimum atomic E-state index is 0.720. The summed E-state index contributed by atoms with van der Waals surface area (Å²) in [6.07, 6.45) is 0. The van der Waals surface area contributed by atoms with Crippen LogP contribution in [0.1, 0.15) is 5.76 Å². The lowest BCUT2D eigenvalue weighted by Gasteiger charge is -2.01. The van der Waals surface area contributed by atoms with E-state index in [-0.39, 0.29) is 0 Å². The van der Waals surface area contributed by atoms with Crippen LogP contribution in [0.4, 0.5) is 0 Å². The molecule has 0 bridgehead atoms. The smallest absolute Gasteiger partial charge is 0.135 e. The van der Waals surface area contributed by atoms with Crippen molar-refractivity contribution in [2.75, 3.05) is 7.05 Å². The zero-order valence-electron chi connectivity index (χ0n) is 8.76. The van der Waals surface area contributed by atoms with Gasteiger partial charge in [-0.25, -0.2) is 0 Å². The molecule has 2 rings (SSSR count). The van der Waals surface area contributed by atoms with Crippen LogP contribution in [0.3, 0.4) is 0 Å². The fraction of sp³-hybridized carbons (Fsp3) is 0.167. The number of hydrogen-bond donors (Lipinski definition) is 1. The van der Waals surface area contributed by atoms with Crippen molar-refractivity contribution in [1.82, 2.24) is 5.32 Å². The molecule has 1 aromatic heterocycles. The Labute approximate surface area is 113 Å². The molecule has 2 aromatic rings. The molecule has 0 aliphatic carbocycles. The fourth-order valence-corrected chi connectivity index (χ4v) is 2.43. The van der Waals surface area contributed by atoms with Gasteiger partial charge in [0.1, 0.15) is 11.5 Å². The molecule has 0 saturated carbocycles. The van der Waals surface area contributed by atoms with Gasteiger partial charge in [0.15, 0.2) is 0 Å². The highest BCUT2D eigenvalue weighted by Gasteiger charge is 2.08. The molecular formula is C12H11ClINO. The lowest BCUT2D eigenvalue weighted by molar-refractivity contribution is 0.507. The molecule has 2 nitrogen and oxygen atoms in total. The summed E-state index contributed by atoms with van der Waals surface area (Å²) in [5.41, 5.74) is 0.935. The van der Waals surface area contributed by atoms with E-state index in [4.69, 9.17) is 16.0 Å².